The van der Waals surface area contributed by atoms with Crippen molar-refractivity contribution in [3.8, 4) is 17.0 Å². The minimum Gasteiger partial charge on any atom is -0.440 e. The molecule has 0 saturated carbocycles. The van der Waals surface area contributed by atoms with E-state index in [2.05, 4.69) is 47.2 Å². The van der Waals surface area contributed by atoms with E-state index in [0.717, 1.165) is 16.4 Å². The van der Waals surface area contributed by atoms with Gasteiger partial charge in [-0.3, -0.25) is 4.57 Å². The zero-order chi connectivity index (χ0) is 18.8. The molecule has 0 radical (unpaired) electrons. The highest BCUT2D eigenvalue weighted by Crippen LogP contribution is 2.28. The number of hydrogen-bond donors (Lipinski definition) is 0. The molecule has 0 aliphatic carbocycles. The highest BCUT2D eigenvalue weighted by molar-refractivity contribution is 7.98. The fourth-order valence-electron chi connectivity index (χ4n) is 2.84. The fraction of sp³-hybridized carbons (Fsp3) is 0.150. The monoisotopic (exact) mass is 396 g/mol. The lowest BCUT2D eigenvalue weighted by Crippen LogP contribution is -1.98. The molecule has 0 aliphatic rings. The van der Waals surface area contributed by atoms with Crippen LogP contribution in [0.4, 0.5) is 0 Å². The summed E-state index contributed by atoms with van der Waals surface area (Å²) in [6.07, 6.45) is 3.45. The normalized spacial score (nSPS) is 11.1. The summed E-state index contributed by atoms with van der Waals surface area (Å²) in [5, 5.41) is 9.76. The van der Waals surface area contributed by atoms with Gasteiger partial charge in [0.25, 0.3) is 0 Å². The highest BCUT2D eigenvalue weighted by atomic mass is 35.5. The minimum atomic E-state index is 0.560. The number of hydrogen-bond acceptors (Lipinski definition) is 5. The number of nitrogens with zero attached hydrogens (tertiary/aromatic N) is 4. The number of oxazole rings is 1. The molecular weight excluding hydrogens is 380 g/mol. The molecule has 0 spiro atoms. The Morgan fingerprint density at radius 3 is 2.85 bits per heavy atom. The molecule has 0 amide bonds. The van der Waals surface area contributed by atoms with Crippen LogP contribution in [0.1, 0.15) is 17.0 Å². The van der Waals surface area contributed by atoms with Gasteiger partial charge in [-0.05, 0) is 37.6 Å². The Morgan fingerprint density at radius 1 is 1.15 bits per heavy atom. The Kier molecular flexibility index (Phi) is 5.01. The SMILES string of the molecule is Cc1ccc(-n2cnnc2SCc2ncc(-c3cccc(Cl)c3)o2)c(C)c1. The third-order valence-electron chi connectivity index (χ3n) is 4.12. The Hall–Kier alpha value is -2.57. The van der Waals surface area contributed by atoms with Gasteiger partial charge in [0.2, 0.25) is 5.89 Å². The Labute approximate surface area is 166 Å². The summed E-state index contributed by atoms with van der Waals surface area (Å²) in [4.78, 5) is 4.37. The molecule has 136 valence electrons. The van der Waals surface area contributed by atoms with Gasteiger partial charge in [-0.15, -0.1) is 10.2 Å². The van der Waals surface area contributed by atoms with Crippen molar-refractivity contribution in [2.75, 3.05) is 0 Å². The lowest BCUT2D eigenvalue weighted by atomic mass is 10.1. The minimum absolute atomic E-state index is 0.560. The number of aromatic nitrogens is 4. The van der Waals surface area contributed by atoms with E-state index in [4.69, 9.17) is 16.0 Å². The number of benzene rings is 2. The fourth-order valence-corrected chi connectivity index (χ4v) is 3.81. The maximum atomic E-state index is 6.04. The number of halogens is 1. The first kappa shape index (κ1) is 17.8. The lowest BCUT2D eigenvalue weighted by molar-refractivity contribution is 0.529. The maximum absolute atomic E-state index is 6.04. The van der Waals surface area contributed by atoms with E-state index in [9.17, 15) is 0 Å². The van der Waals surface area contributed by atoms with Gasteiger partial charge in [0.1, 0.15) is 6.33 Å². The van der Waals surface area contributed by atoms with Gasteiger partial charge in [0.05, 0.1) is 17.6 Å². The standard InChI is InChI=1S/C20H17ClN4OS/c1-13-6-7-17(14(2)8-13)25-12-23-24-20(25)27-11-19-22-10-18(26-19)15-4-3-5-16(21)9-15/h3-10,12H,11H2,1-2H3. The average molecular weight is 397 g/mol. The topological polar surface area (TPSA) is 56.7 Å². The summed E-state index contributed by atoms with van der Waals surface area (Å²) in [5.74, 6) is 1.89. The van der Waals surface area contributed by atoms with Crippen molar-refractivity contribution in [1.82, 2.24) is 19.7 Å². The van der Waals surface area contributed by atoms with Crippen molar-refractivity contribution in [1.29, 1.82) is 0 Å². The average Bonchev–Trinajstić information content (AvgIpc) is 3.29. The van der Waals surface area contributed by atoms with E-state index in [-0.39, 0.29) is 0 Å². The van der Waals surface area contributed by atoms with Crippen LogP contribution in [0, 0.1) is 13.8 Å². The largest absolute Gasteiger partial charge is 0.440 e. The van der Waals surface area contributed by atoms with Crippen LogP contribution in [-0.4, -0.2) is 19.7 Å². The van der Waals surface area contributed by atoms with Gasteiger partial charge < -0.3 is 4.42 Å². The number of rotatable bonds is 5. The molecule has 0 saturated heterocycles. The third-order valence-corrected chi connectivity index (χ3v) is 5.28. The summed E-state index contributed by atoms with van der Waals surface area (Å²) in [5.41, 5.74) is 4.38. The summed E-state index contributed by atoms with van der Waals surface area (Å²) in [6.45, 7) is 4.17. The van der Waals surface area contributed by atoms with Crippen molar-refractivity contribution in [2.45, 2.75) is 24.8 Å². The van der Waals surface area contributed by atoms with Gasteiger partial charge >= 0.3 is 0 Å². The van der Waals surface area contributed by atoms with Crippen LogP contribution in [-0.2, 0) is 5.75 Å². The molecule has 4 rings (SSSR count). The van der Waals surface area contributed by atoms with E-state index in [0.29, 0.717) is 22.4 Å². The Bertz CT molecular complexity index is 1090. The molecular formula is C20H17ClN4OS. The second-order valence-electron chi connectivity index (χ2n) is 6.19. The molecule has 4 aromatic rings. The van der Waals surface area contributed by atoms with Crippen molar-refractivity contribution >= 4 is 23.4 Å². The Balaban J connectivity index is 1.51. The van der Waals surface area contributed by atoms with E-state index in [1.807, 2.05) is 28.8 Å². The predicted octanol–water partition coefficient (Wildman–Crippen LogP) is 5.48. The number of thioether (sulfide) groups is 1. The van der Waals surface area contributed by atoms with E-state index >= 15 is 0 Å². The van der Waals surface area contributed by atoms with Crippen molar-refractivity contribution in [3.63, 3.8) is 0 Å². The highest BCUT2D eigenvalue weighted by Gasteiger charge is 2.12. The van der Waals surface area contributed by atoms with Crippen LogP contribution in [0.15, 0.2) is 64.6 Å². The van der Waals surface area contributed by atoms with E-state index in [1.165, 1.54) is 22.9 Å². The molecule has 2 aromatic heterocycles. The van der Waals surface area contributed by atoms with Crippen LogP contribution in [0.25, 0.3) is 17.0 Å². The first-order valence-corrected chi connectivity index (χ1v) is 9.77. The first-order chi connectivity index (χ1) is 13.1. The molecule has 27 heavy (non-hydrogen) atoms. The van der Waals surface area contributed by atoms with Crippen molar-refractivity contribution < 1.29 is 4.42 Å². The predicted molar refractivity (Wildman–Crippen MR) is 107 cm³/mol. The molecule has 0 unspecified atom stereocenters. The molecule has 5 nitrogen and oxygen atoms in total. The van der Waals surface area contributed by atoms with Crippen LogP contribution in [0.3, 0.4) is 0 Å². The van der Waals surface area contributed by atoms with E-state index in [1.54, 1.807) is 12.5 Å². The summed E-state index contributed by atoms with van der Waals surface area (Å²) < 4.78 is 7.85. The summed E-state index contributed by atoms with van der Waals surface area (Å²) >= 11 is 7.58. The van der Waals surface area contributed by atoms with Crippen molar-refractivity contribution in [3.05, 3.63) is 77.0 Å². The quantitative estimate of drug-likeness (QED) is 0.418. The van der Waals surface area contributed by atoms with Crippen LogP contribution in [0.2, 0.25) is 5.02 Å². The van der Waals surface area contributed by atoms with Crippen LogP contribution < -0.4 is 0 Å². The Morgan fingerprint density at radius 2 is 2.04 bits per heavy atom. The zero-order valence-corrected chi connectivity index (χ0v) is 16.5. The van der Waals surface area contributed by atoms with Crippen LogP contribution >= 0.6 is 23.4 Å². The second-order valence-corrected chi connectivity index (χ2v) is 7.57. The molecule has 0 bridgehead atoms. The third kappa shape index (κ3) is 3.91. The molecule has 0 fully saturated rings. The molecule has 0 atom stereocenters. The smallest absolute Gasteiger partial charge is 0.205 e. The van der Waals surface area contributed by atoms with Crippen LogP contribution in [0.5, 0.6) is 0 Å². The first-order valence-electron chi connectivity index (χ1n) is 8.41. The van der Waals surface area contributed by atoms with Crippen molar-refractivity contribution in [2.24, 2.45) is 0 Å². The van der Waals surface area contributed by atoms with Gasteiger partial charge in [-0.25, -0.2) is 4.98 Å². The van der Waals surface area contributed by atoms with E-state index < -0.39 is 0 Å². The van der Waals surface area contributed by atoms with Gasteiger partial charge in [0, 0.05) is 10.6 Å². The molecule has 0 aliphatic heterocycles. The summed E-state index contributed by atoms with van der Waals surface area (Å²) in [6, 6.07) is 13.8. The molecule has 2 heterocycles. The summed E-state index contributed by atoms with van der Waals surface area (Å²) in [7, 11) is 0. The van der Waals surface area contributed by atoms with Gasteiger partial charge in [-0.2, -0.15) is 0 Å². The van der Waals surface area contributed by atoms with Gasteiger partial charge in [0.15, 0.2) is 10.9 Å². The number of aryl methyl sites for hydroxylation is 2. The molecule has 7 heteroatoms. The zero-order valence-electron chi connectivity index (χ0n) is 14.9. The lowest BCUT2D eigenvalue weighted by Gasteiger charge is -2.09. The second kappa shape index (κ2) is 7.58. The molecule has 0 N–H and O–H groups in total. The molecule has 2 aromatic carbocycles. The maximum Gasteiger partial charge on any atom is 0.205 e. The van der Waals surface area contributed by atoms with Gasteiger partial charge in [-0.1, -0.05) is 53.2 Å².